The Morgan fingerprint density at radius 3 is 2.44 bits per heavy atom. The number of amidine groups is 1. The van der Waals surface area contributed by atoms with Crippen LogP contribution in [-0.2, 0) is 4.74 Å². The van der Waals surface area contributed by atoms with Crippen LogP contribution >= 0.6 is 0 Å². The van der Waals surface area contributed by atoms with Crippen LogP contribution in [-0.4, -0.2) is 25.1 Å². The largest absolute Gasteiger partial charge is 0.381 e. The highest BCUT2D eigenvalue weighted by Crippen LogP contribution is 2.21. The summed E-state index contributed by atoms with van der Waals surface area (Å²) in [6, 6.07) is 0.481. The van der Waals surface area contributed by atoms with Crippen molar-refractivity contribution in [2.24, 2.45) is 16.8 Å². The van der Waals surface area contributed by atoms with Gasteiger partial charge >= 0.3 is 0 Å². The quantitative estimate of drug-likeness (QED) is 0.247. The number of ether oxygens (including phenoxy) is 1. The van der Waals surface area contributed by atoms with E-state index in [1.54, 1.807) is 0 Å². The van der Waals surface area contributed by atoms with Gasteiger partial charge in [-0.05, 0) is 19.3 Å². The van der Waals surface area contributed by atoms with Crippen molar-refractivity contribution in [2.75, 3.05) is 13.2 Å². The van der Waals surface area contributed by atoms with E-state index in [1.165, 1.54) is 38.5 Å². The van der Waals surface area contributed by atoms with Crippen molar-refractivity contribution in [1.82, 2.24) is 5.43 Å². The first-order valence-electron chi connectivity index (χ1n) is 6.52. The first-order chi connectivity index (χ1) is 7.90. The number of nitrogens with one attached hydrogen (secondary N) is 1. The lowest BCUT2D eigenvalue weighted by Crippen LogP contribution is -2.37. The summed E-state index contributed by atoms with van der Waals surface area (Å²) in [5.41, 5.74) is 2.78. The summed E-state index contributed by atoms with van der Waals surface area (Å²) in [6.45, 7) is 1.62. The Labute approximate surface area is 97.6 Å². The fourth-order valence-corrected chi connectivity index (χ4v) is 2.59. The highest BCUT2D eigenvalue weighted by Gasteiger charge is 2.22. The maximum Gasteiger partial charge on any atom is 0.116 e. The molecule has 1 aliphatic carbocycles. The Bertz CT molecular complexity index is 228. The maximum atomic E-state index is 5.57. The minimum Gasteiger partial charge on any atom is -0.381 e. The van der Waals surface area contributed by atoms with Crippen molar-refractivity contribution in [3.05, 3.63) is 0 Å². The Hall–Kier alpha value is -0.610. The van der Waals surface area contributed by atoms with Crippen LogP contribution < -0.4 is 11.3 Å². The van der Waals surface area contributed by atoms with Gasteiger partial charge in [0.2, 0.25) is 0 Å². The molecular weight excluding hydrogens is 202 g/mol. The third kappa shape index (κ3) is 3.19. The van der Waals surface area contributed by atoms with Gasteiger partial charge in [-0.2, -0.15) is 0 Å². The molecule has 1 heterocycles. The molecule has 2 rings (SSSR count). The summed E-state index contributed by atoms with van der Waals surface area (Å²) in [6.07, 6.45) is 8.85. The zero-order valence-electron chi connectivity index (χ0n) is 9.95. The van der Waals surface area contributed by atoms with Gasteiger partial charge in [0.1, 0.15) is 5.84 Å². The van der Waals surface area contributed by atoms with Crippen molar-refractivity contribution in [2.45, 2.75) is 51.0 Å². The van der Waals surface area contributed by atoms with Crippen LogP contribution in [0.25, 0.3) is 0 Å². The Kier molecular flexibility index (Phi) is 4.60. The monoisotopic (exact) mass is 225 g/mol. The number of rotatable bonds is 2. The third-order valence-corrected chi connectivity index (χ3v) is 3.61. The first-order valence-corrected chi connectivity index (χ1v) is 6.52. The average Bonchev–Trinajstić information content (AvgIpc) is 2.71. The highest BCUT2D eigenvalue weighted by molar-refractivity contribution is 5.84. The van der Waals surface area contributed by atoms with Crippen LogP contribution in [0.2, 0.25) is 0 Å². The number of nitrogens with zero attached hydrogens (tertiary/aromatic N) is 1. The molecule has 4 nitrogen and oxygen atoms in total. The average molecular weight is 225 g/mol. The molecule has 2 fully saturated rings. The summed E-state index contributed by atoms with van der Waals surface area (Å²) in [5, 5.41) is 0. The molecule has 0 radical (unpaired) electrons. The molecule has 16 heavy (non-hydrogen) atoms. The van der Waals surface area contributed by atoms with Crippen LogP contribution in [0.15, 0.2) is 4.99 Å². The lowest BCUT2D eigenvalue weighted by Gasteiger charge is -2.16. The normalized spacial score (nSPS) is 29.1. The second-order valence-electron chi connectivity index (χ2n) is 4.86. The van der Waals surface area contributed by atoms with Crippen molar-refractivity contribution in [3.63, 3.8) is 0 Å². The topological polar surface area (TPSA) is 59.6 Å². The smallest absolute Gasteiger partial charge is 0.116 e. The van der Waals surface area contributed by atoms with Gasteiger partial charge in [0, 0.05) is 12.5 Å². The molecule has 3 N–H and O–H groups in total. The van der Waals surface area contributed by atoms with Gasteiger partial charge in [-0.1, -0.05) is 25.7 Å². The summed E-state index contributed by atoms with van der Waals surface area (Å²) in [5.74, 6) is 6.93. The van der Waals surface area contributed by atoms with Gasteiger partial charge in [-0.25, -0.2) is 5.84 Å². The molecule has 0 spiro atoms. The molecule has 0 aromatic heterocycles. The molecule has 92 valence electrons. The van der Waals surface area contributed by atoms with Crippen LogP contribution in [0.4, 0.5) is 0 Å². The Morgan fingerprint density at radius 2 is 1.88 bits per heavy atom. The van der Waals surface area contributed by atoms with E-state index in [2.05, 4.69) is 5.43 Å². The molecule has 1 aliphatic heterocycles. The number of hydrogen-bond donors (Lipinski definition) is 2. The summed E-state index contributed by atoms with van der Waals surface area (Å²) in [7, 11) is 0. The second kappa shape index (κ2) is 6.21. The number of nitrogens with two attached hydrogens (primary N) is 1. The molecule has 1 saturated heterocycles. The van der Waals surface area contributed by atoms with Crippen molar-refractivity contribution in [3.8, 4) is 0 Å². The van der Waals surface area contributed by atoms with Crippen LogP contribution in [0.1, 0.15) is 44.9 Å². The van der Waals surface area contributed by atoms with E-state index >= 15 is 0 Å². The number of hydrogen-bond acceptors (Lipinski definition) is 3. The molecule has 0 aromatic carbocycles. The van der Waals surface area contributed by atoms with Gasteiger partial charge in [0.25, 0.3) is 0 Å². The highest BCUT2D eigenvalue weighted by atomic mass is 16.5. The minimum absolute atomic E-state index is 0.397. The number of aliphatic imine (C=N–C) groups is 1. The van der Waals surface area contributed by atoms with E-state index in [4.69, 9.17) is 15.6 Å². The molecule has 2 aliphatic rings. The van der Waals surface area contributed by atoms with Gasteiger partial charge in [0.05, 0.1) is 12.6 Å². The predicted molar refractivity (Wildman–Crippen MR) is 65.2 cm³/mol. The van der Waals surface area contributed by atoms with E-state index in [0.717, 1.165) is 25.5 Å². The van der Waals surface area contributed by atoms with E-state index in [-0.39, 0.29) is 0 Å². The summed E-state index contributed by atoms with van der Waals surface area (Å²) in [4.78, 5) is 4.80. The fourth-order valence-electron chi connectivity index (χ4n) is 2.59. The lowest BCUT2D eigenvalue weighted by atomic mass is 10.1. The molecule has 0 bridgehead atoms. The van der Waals surface area contributed by atoms with Gasteiger partial charge in [0.15, 0.2) is 0 Å². The molecule has 0 aromatic rings. The van der Waals surface area contributed by atoms with Crippen molar-refractivity contribution >= 4 is 5.84 Å². The standard InChI is InChI=1S/C12H23N3O/c13-15-12(10-7-8-16-9-10)14-11-5-3-1-2-4-6-11/h10-11H,1-9,13H2,(H,14,15). The van der Waals surface area contributed by atoms with E-state index in [9.17, 15) is 0 Å². The summed E-state index contributed by atoms with van der Waals surface area (Å²) >= 11 is 0. The molecular formula is C12H23N3O. The molecule has 0 amide bonds. The Morgan fingerprint density at radius 1 is 1.12 bits per heavy atom. The summed E-state index contributed by atoms with van der Waals surface area (Å²) < 4.78 is 5.38. The van der Waals surface area contributed by atoms with Gasteiger partial charge in [-0.15, -0.1) is 0 Å². The zero-order chi connectivity index (χ0) is 11.2. The van der Waals surface area contributed by atoms with Crippen LogP contribution in [0, 0.1) is 5.92 Å². The van der Waals surface area contributed by atoms with E-state index < -0.39 is 0 Å². The second-order valence-corrected chi connectivity index (χ2v) is 4.86. The molecule has 1 saturated carbocycles. The predicted octanol–water partition coefficient (Wildman–Crippen LogP) is 1.61. The van der Waals surface area contributed by atoms with Crippen molar-refractivity contribution in [1.29, 1.82) is 0 Å². The van der Waals surface area contributed by atoms with E-state index in [1.807, 2.05) is 0 Å². The van der Waals surface area contributed by atoms with Gasteiger partial charge < -0.3 is 10.2 Å². The first kappa shape index (κ1) is 11.9. The molecule has 1 atom stereocenters. The third-order valence-electron chi connectivity index (χ3n) is 3.61. The van der Waals surface area contributed by atoms with E-state index in [0.29, 0.717) is 12.0 Å². The molecule has 1 unspecified atom stereocenters. The molecule has 4 heteroatoms. The van der Waals surface area contributed by atoms with Gasteiger partial charge in [-0.3, -0.25) is 4.99 Å². The lowest BCUT2D eigenvalue weighted by molar-refractivity contribution is 0.192. The SMILES string of the molecule is NNC(=NC1CCCCCC1)C1CCOC1. The fraction of sp³-hybridized carbons (Fsp3) is 0.917. The number of hydrazine groups is 1. The van der Waals surface area contributed by atoms with Crippen LogP contribution in [0.5, 0.6) is 0 Å². The zero-order valence-corrected chi connectivity index (χ0v) is 9.95. The minimum atomic E-state index is 0.397. The maximum absolute atomic E-state index is 5.57. The van der Waals surface area contributed by atoms with Crippen molar-refractivity contribution < 1.29 is 4.74 Å². The van der Waals surface area contributed by atoms with Crippen LogP contribution in [0.3, 0.4) is 0 Å². The Balaban J connectivity index is 1.94.